The van der Waals surface area contributed by atoms with E-state index in [0.717, 1.165) is 11.1 Å². The van der Waals surface area contributed by atoms with Crippen molar-refractivity contribution in [1.29, 1.82) is 0 Å². The number of alkyl halides is 2. The zero-order valence-corrected chi connectivity index (χ0v) is 19.0. The number of nitrogens with one attached hydrogen (secondary N) is 1. The number of carbonyl (C=O) groups is 2. The van der Waals surface area contributed by atoms with E-state index < -0.39 is 17.7 Å². The molecule has 0 atom stereocenters. The Bertz CT molecular complexity index is 1170. The molecule has 186 valence electrons. The minimum atomic E-state index is -2.68. The van der Waals surface area contributed by atoms with Gasteiger partial charge in [0.25, 0.3) is 11.8 Å². The van der Waals surface area contributed by atoms with E-state index in [9.17, 15) is 23.6 Å². The molecular formula is C24H25F2N3O6. The molecular weight excluding hydrogens is 464 g/mol. The van der Waals surface area contributed by atoms with Crippen LogP contribution in [-0.4, -0.2) is 57.7 Å². The van der Waals surface area contributed by atoms with Gasteiger partial charge in [0.2, 0.25) is 5.91 Å². The average Bonchev–Trinajstić information content (AvgIpc) is 3.42. The summed E-state index contributed by atoms with van der Waals surface area (Å²) in [6.07, 6.45) is 2.68. The van der Waals surface area contributed by atoms with E-state index in [1.165, 1.54) is 23.1 Å². The molecule has 3 N–H and O–H groups in total. The number of carbonyl (C=O) groups excluding carboxylic acids is 2. The van der Waals surface area contributed by atoms with E-state index >= 15 is 0 Å². The number of rotatable bonds is 7. The molecule has 2 aliphatic rings. The summed E-state index contributed by atoms with van der Waals surface area (Å²) in [4.78, 5) is 37.2. The third kappa shape index (κ3) is 5.42. The molecule has 2 aliphatic heterocycles. The molecule has 0 saturated carbocycles. The van der Waals surface area contributed by atoms with E-state index in [4.69, 9.17) is 5.26 Å². The lowest BCUT2D eigenvalue weighted by atomic mass is 10.1. The van der Waals surface area contributed by atoms with E-state index in [2.05, 4.69) is 15.1 Å². The summed E-state index contributed by atoms with van der Waals surface area (Å²) in [5, 5.41) is 20.9. The third-order valence-electron chi connectivity index (χ3n) is 6.11. The number of fused-ring (bicyclic) bond motifs is 1. The Morgan fingerprint density at radius 3 is 2.63 bits per heavy atom. The molecule has 2 amide bonds. The first kappa shape index (κ1) is 24.6. The van der Waals surface area contributed by atoms with Gasteiger partial charge in [-0.05, 0) is 30.2 Å². The van der Waals surface area contributed by atoms with Crippen molar-refractivity contribution in [2.24, 2.45) is 0 Å². The lowest BCUT2D eigenvalue weighted by Gasteiger charge is -2.18. The summed E-state index contributed by atoms with van der Waals surface area (Å²) in [7, 11) is 0. The van der Waals surface area contributed by atoms with Crippen LogP contribution in [0.3, 0.4) is 0 Å². The quantitative estimate of drug-likeness (QED) is 0.309. The second-order valence-electron chi connectivity index (χ2n) is 8.63. The third-order valence-corrected chi connectivity index (χ3v) is 6.11. The number of likely N-dealkylation sites (tertiary alicyclic amines) is 1. The predicted octanol–water partition coefficient (Wildman–Crippen LogP) is 3.69. The van der Waals surface area contributed by atoms with Gasteiger partial charge >= 0.3 is 0 Å². The summed E-state index contributed by atoms with van der Waals surface area (Å²) < 4.78 is 26.6. The van der Waals surface area contributed by atoms with Crippen molar-refractivity contribution < 1.29 is 38.7 Å². The van der Waals surface area contributed by atoms with Gasteiger partial charge in [0.05, 0.1) is 12.1 Å². The summed E-state index contributed by atoms with van der Waals surface area (Å²) in [5.41, 5.74) is 2.70. The molecule has 0 bridgehead atoms. The van der Waals surface area contributed by atoms with E-state index in [1.807, 2.05) is 6.07 Å². The largest absolute Gasteiger partial charge is 0.340 e. The van der Waals surface area contributed by atoms with Gasteiger partial charge in [0.15, 0.2) is 11.5 Å². The number of nitrogens with zero attached hydrogens (tertiary/aromatic N) is 2. The molecule has 0 radical (unpaired) electrons. The van der Waals surface area contributed by atoms with Crippen LogP contribution in [0.1, 0.15) is 33.5 Å². The number of hydrogen-bond acceptors (Lipinski definition) is 7. The van der Waals surface area contributed by atoms with Crippen molar-refractivity contribution in [3.63, 3.8) is 0 Å². The Hall–Kier alpha value is -3.54. The van der Waals surface area contributed by atoms with Gasteiger partial charge in [-0.3, -0.25) is 14.5 Å². The van der Waals surface area contributed by atoms with E-state index in [0.29, 0.717) is 11.3 Å². The summed E-state index contributed by atoms with van der Waals surface area (Å²) in [6, 6.07) is 7.97. The van der Waals surface area contributed by atoms with Gasteiger partial charge in [0, 0.05) is 56.0 Å². The maximum Gasteiger partial charge on any atom is 0.261 e. The van der Waals surface area contributed by atoms with E-state index in [1.54, 1.807) is 30.0 Å². The van der Waals surface area contributed by atoms with Crippen molar-refractivity contribution in [2.75, 3.05) is 25.0 Å². The molecule has 1 saturated heterocycles. The Morgan fingerprint density at radius 1 is 1.17 bits per heavy atom. The fourth-order valence-corrected chi connectivity index (χ4v) is 4.31. The van der Waals surface area contributed by atoms with Crippen molar-refractivity contribution in [3.05, 3.63) is 64.7 Å². The van der Waals surface area contributed by atoms with Crippen molar-refractivity contribution >= 4 is 17.5 Å². The Kier molecular flexibility index (Phi) is 7.01. The maximum atomic E-state index is 13.3. The molecule has 1 fully saturated rings. The molecule has 4 rings (SSSR count). The van der Waals surface area contributed by atoms with Gasteiger partial charge < -0.3 is 20.0 Å². The molecule has 0 aromatic heterocycles. The lowest BCUT2D eigenvalue weighted by Crippen LogP contribution is -2.26. The molecule has 2 heterocycles. The highest BCUT2D eigenvalue weighted by atomic mass is 19.3. The van der Waals surface area contributed by atoms with Crippen LogP contribution in [-0.2, 0) is 17.9 Å². The second-order valence-corrected chi connectivity index (χ2v) is 8.63. The first-order valence-electron chi connectivity index (χ1n) is 11.0. The highest BCUT2D eigenvalue weighted by molar-refractivity contribution is 6.01. The van der Waals surface area contributed by atoms with Gasteiger partial charge in [-0.2, -0.15) is 0 Å². The zero-order valence-electron chi connectivity index (χ0n) is 19.0. The van der Waals surface area contributed by atoms with Crippen LogP contribution >= 0.6 is 0 Å². The van der Waals surface area contributed by atoms with Crippen LogP contribution in [0.5, 0.6) is 11.5 Å². The topological polar surface area (TPSA) is 112 Å². The summed E-state index contributed by atoms with van der Waals surface area (Å²) in [5.74, 6) is -3.64. The predicted molar refractivity (Wildman–Crippen MR) is 121 cm³/mol. The molecule has 0 spiro atoms. The van der Waals surface area contributed by atoms with Crippen LogP contribution in [0.25, 0.3) is 0 Å². The summed E-state index contributed by atoms with van der Waals surface area (Å²) in [6.45, 7) is 2.34. The van der Waals surface area contributed by atoms with Gasteiger partial charge in [-0.1, -0.05) is 18.2 Å². The highest BCUT2D eigenvalue weighted by Gasteiger charge is 2.37. The van der Waals surface area contributed by atoms with Crippen LogP contribution < -0.4 is 15.1 Å². The monoisotopic (exact) mass is 489 g/mol. The smallest absolute Gasteiger partial charge is 0.261 e. The fourth-order valence-electron chi connectivity index (χ4n) is 4.31. The van der Waals surface area contributed by atoms with Gasteiger partial charge in [-0.15, -0.1) is 0 Å². The second kappa shape index (κ2) is 9.98. The maximum absolute atomic E-state index is 13.3. The van der Waals surface area contributed by atoms with Crippen molar-refractivity contribution in [3.8, 4) is 11.5 Å². The molecule has 0 unspecified atom stereocenters. The number of aryl methyl sites for hydroxylation is 1. The Morgan fingerprint density at radius 2 is 1.94 bits per heavy atom. The summed E-state index contributed by atoms with van der Waals surface area (Å²) >= 11 is 0. The Balaban J connectivity index is 1.43. The van der Waals surface area contributed by atoms with Crippen molar-refractivity contribution in [2.45, 2.75) is 32.4 Å². The van der Waals surface area contributed by atoms with E-state index in [-0.39, 0.29) is 56.2 Å². The SMILES string of the molecule is Cc1cc(C(=O)N2Cc3cccc(NC(=O)/C=C/CN4CCC(F)(F)C4)c3C2)c(OO)cc1OO. The number of anilines is 1. The van der Waals surface area contributed by atoms with Crippen LogP contribution in [0.4, 0.5) is 14.5 Å². The molecule has 2 aromatic carbocycles. The van der Waals surface area contributed by atoms with Crippen LogP contribution in [0, 0.1) is 6.92 Å². The molecule has 9 nitrogen and oxygen atoms in total. The Labute approximate surface area is 200 Å². The van der Waals surface area contributed by atoms with Crippen molar-refractivity contribution in [1.82, 2.24) is 9.80 Å². The molecule has 0 aliphatic carbocycles. The highest BCUT2D eigenvalue weighted by Crippen LogP contribution is 2.34. The minimum Gasteiger partial charge on any atom is -0.340 e. The fraction of sp³-hybridized carbons (Fsp3) is 0.333. The van der Waals surface area contributed by atoms with Gasteiger partial charge in [-0.25, -0.2) is 19.3 Å². The van der Waals surface area contributed by atoms with Crippen LogP contribution in [0.2, 0.25) is 0 Å². The number of amides is 2. The zero-order chi connectivity index (χ0) is 25.2. The number of halogens is 2. The molecule has 11 heteroatoms. The number of hydrogen-bond donors (Lipinski definition) is 3. The van der Waals surface area contributed by atoms with Gasteiger partial charge in [0.1, 0.15) is 0 Å². The standard InChI is InChI=1S/C24H25F2N3O6/c1-15-10-17(21(35-33)11-20(15)34-32)23(31)29-12-16-4-2-5-19(18(16)13-29)27-22(30)6-3-8-28-9-7-24(25,26)14-28/h2-6,10-11,32-33H,7-9,12-14H2,1H3,(H,27,30)/b6-3+. The number of benzene rings is 2. The first-order chi connectivity index (χ1) is 16.7. The lowest BCUT2D eigenvalue weighted by molar-refractivity contribution is -0.145. The average molecular weight is 489 g/mol. The normalized spacial score (nSPS) is 17.0. The minimum absolute atomic E-state index is 0.0341. The molecule has 2 aromatic rings. The first-order valence-corrected chi connectivity index (χ1v) is 11.0. The molecule has 35 heavy (non-hydrogen) atoms. The van der Waals surface area contributed by atoms with Crippen LogP contribution in [0.15, 0.2) is 42.5 Å².